The highest BCUT2D eigenvalue weighted by Gasteiger charge is 2.38. The molecule has 0 radical (unpaired) electrons. The van der Waals surface area contributed by atoms with Gasteiger partial charge in [-0.1, -0.05) is 6.07 Å². The Labute approximate surface area is 154 Å². The molecule has 0 aliphatic carbocycles. The number of halogens is 3. The van der Waals surface area contributed by atoms with Gasteiger partial charge in [0.15, 0.2) is 11.5 Å². The number of hydrogen-bond donors (Lipinski definition) is 1. The van der Waals surface area contributed by atoms with E-state index >= 15 is 0 Å². The van der Waals surface area contributed by atoms with Gasteiger partial charge in [-0.2, -0.15) is 13.2 Å². The molecule has 4 rings (SSSR count). The van der Waals surface area contributed by atoms with Gasteiger partial charge in [0.05, 0.1) is 12.2 Å². The molecule has 27 heavy (non-hydrogen) atoms. The second kappa shape index (κ2) is 7.93. The minimum Gasteiger partial charge on any atom is -0.475 e. The Bertz CT molecular complexity index is 681. The van der Waals surface area contributed by atoms with Gasteiger partial charge in [0.25, 0.3) is 0 Å². The first kappa shape index (κ1) is 19.8. The van der Waals surface area contributed by atoms with Crippen LogP contribution in [-0.2, 0) is 16.1 Å². The standard InChI is InChI=1S/C16H21NO3.C2HF3O2/c1-11-6-13-9-17(5-4-14(13)20-11)8-12-2-3-15-16(7-12)19-10-18-15;3-2(4,5)1(6)7/h2-3,7,11,13-14H,4-6,8-10H2,1H3;(H,6,7)/t11-,13-,14-;/m0./s1. The topological polar surface area (TPSA) is 68.2 Å². The highest BCUT2D eigenvalue weighted by Crippen LogP contribution is 2.35. The number of fused-ring (bicyclic) bond motifs is 2. The van der Waals surface area contributed by atoms with Crippen LogP contribution in [0.5, 0.6) is 11.5 Å². The van der Waals surface area contributed by atoms with Crippen LogP contribution in [-0.4, -0.2) is 54.2 Å². The highest BCUT2D eigenvalue weighted by molar-refractivity contribution is 5.73. The normalized spacial score (nSPS) is 26.9. The number of aliphatic carboxylic acids is 1. The predicted octanol–water partition coefficient (Wildman–Crippen LogP) is 3.05. The Kier molecular flexibility index (Phi) is 5.81. The first-order valence-corrected chi connectivity index (χ1v) is 8.79. The zero-order chi connectivity index (χ0) is 19.6. The molecule has 0 aromatic heterocycles. The average molecular weight is 389 g/mol. The first-order chi connectivity index (χ1) is 12.7. The molecule has 3 atom stereocenters. The number of carbonyl (C=O) groups is 1. The molecular weight excluding hydrogens is 367 g/mol. The molecular formula is C18H22F3NO5. The third kappa shape index (κ3) is 5.04. The van der Waals surface area contributed by atoms with Crippen molar-refractivity contribution in [1.82, 2.24) is 4.90 Å². The van der Waals surface area contributed by atoms with Crippen LogP contribution in [0, 0.1) is 5.92 Å². The van der Waals surface area contributed by atoms with E-state index in [4.69, 9.17) is 24.1 Å². The molecule has 3 aliphatic heterocycles. The van der Waals surface area contributed by atoms with Crippen molar-refractivity contribution in [2.45, 2.75) is 44.7 Å². The van der Waals surface area contributed by atoms with Gasteiger partial charge < -0.3 is 19.3 Å². The molecule has 3 heterocycles. The van der Waals surface area contributed by atoms with E-state index in [2.05, 4.69) is 24.0 Å². The molecule has 6 nitrogen and oxygen atoms in total. The Hall–Kier alpha value is -2.00. The van der Waals surface area contributed by atoms with Crippen LogP contribution in [0.1, 0.15) is 25.3 Å². The quantitative estimate of drug-likeness (QED) is 0.839. The number of ether oxygens (including phenoxy) is 3. The number of alkyl halides is 3. The van der Waals surface area contributed by atoms with Crippen molar-refractivity contribution in [2.75, 3.05) is 19.9 Å². The maximum Gasteiger partial charge on any atom is 0.490 e. The summed E-state index contributed by atoms with van der Waals surface area (Å²) in [7, 11) is 0. The molecule has 0 unspecified atom stereocenters. The number of likely N-dealkylation sites (tertiary alicyclic amines) is 1. The van der Waals surface area contributed by atoms with Crippen LogP contribution in [0.3, 0.4) is 0 Å². The van der Waals surface area contributed by atoms with Crippen molar-refractivity contribution in [2.24, 2.45) is 5.92 Å². The average Bonchev–Trinajstić information content (AvgIpc) is 3.18. The maximum absolute atomic E-state index is 10.6. The molecule has 2 saturated heterocycles. The number of carboxylic acids is 1. The number of hydrogen-bond acceptors (Lipinski definition) is 5. The van der Waals surface area contributed by atoms with Gasteiger partial charge in [0.1, 0.15) is 0 Å². The lowest BCUT2D eigenvalue weighted by Gasteiger charge is -2.34. The monoisotopic (exact) mass is 389 g/mol. The predicted molar refractivity (Wildman–Crippen MR) is 88.6 cm³/mol. The molecule has 9 heteroatoms. The van der Waals surface area contributed by atoms with Crippen LogP contribution < -0.4 is 9.47 Å². The number of benzene rings is 1. The van der Waals surface area contributed by atoms with Crippen molar-refractivity contribution in [3.63, 3.8) is 0 Å². The molecule has 1 aromatic rings. The van der Waals surface area contributed by atoms with Gasteiger partial charge in [-0.15, -0.1) is 0 Å². The maximum atomic E-state index is 10.6. The first-order valence-electron chi connectivity index (χ1n) is 8.79. The number of nitrogens with zero attached hydrogens (tertiary/aromatic N) is 1. The zero-order valence-corrected chi connectivity index (χ0v) is 14.9. The number of rotatable bonds is 2. The van der Waals surface area contributed by atoms with Crippen molar-refractivity contribution in [3.05, 3.63) is 23.8 Å². The summed E-state index contributed by atoms with van der Waals surface area (Å²) in [5, 5.41) is 7.12. The van der Waals surface area contributed by atoms with Crippen LogP contribution in [0.4, 0.5) is 13.2 Å². The lowest BCUT2D eigenvalue weighted by molar-refractivity contribution is -0.192. The van der Waals surface area contributed by atoms with E-state index in [0.29, 0.717) is 24.9 Å². The Morgan fingerprint density at radius 3 is 2.70 bits per heavy atom. The number of piperidine rings is 1. The van der Waals surface area contributed by atoms with Gasteiger partial charge >= 0.3 is 12.1 Å². The molecule has 150 valence electrons. The Balaban J connectivity index is 0.000000260. The summed E-state index contributed by atoms with van der Waals surface area (Å²) in [6, 6.07) is 6.28. The summed E-state index contributed by atoms with van der Waals surface area (Å²) < 4.78 is 48.5. The molecule has 3 aliphatic rings. The van der Waals surface area contributed by atoms with E-state index in [-0.39, 0.29) is 0 Å². The van der Waals surface area contributed by atoms with Gasteiger partial charge in [0, 0.05) is 25.6 Å². The van der Waals surface area contributed by atoms with Crippen LogP contribution in [0.2, 0.25) is 0 Å². The van der Waals surface area contributed by atoms with Crippen molar-refractivity contribution in [3.8, 4) is 11.5 Å². The lowest BCUT2D eigenvalue weighted by Crippen LogP contribution is -2.40. The molecule has 2 fully saturated rings. The van der Waals surface area contributed by atoms with Gasteiger partial charge in [-0.25, -0.2) is 4.79 Å². The fourth-order valence-corrected chi connectivity index (χ4v) is 3.71. The summed E-state index contributed by atoms with van der Waals surface area (Å²) in [6.45, 7) is 5.82. The molecule has 0 bridgehead atoms. The van der Waals surface area contributed by atoms with Gasteiger partial charge in [-0.3, -0.25) is 4.90 Å². The van der Waals surface area contributed by atoms with Crippen molar-refractivity contribution in [1.29, 1.82) is 0 Å². The smallest absolute Gasteiger partial charge is 0.475 e. The van der Waals surface area contributed by atoms with Gasteiger partial charge in [-0.05, 0) is 37.5 Å². The summed E-state index contributed by atoms with van der Waals surface area (Å²) >= 11 is 0. The molecule has 0 spiro atoms. The van der Waals surface area contributed by atoms with Crippen LogP contribution in [0.15, 0.2) is 18.2 Å². The van der Waals surface area contributed by atoms with Crippen molar-refractivity contribution < 1.29 is 37.3 Å². The molecule has 1 N–H and O–H groups in total. The Morgan fingerprint density at radius 1 is 1.30 bits per heavy atom. The largest absolute Gasteiger partial charge is 0.490 e. The third-order valence-corrected chi connectivity index (χ3v) is 4.88. The summed E-state index contributed by atoms with van der Waals surface area (Å²) in [6.07, 6.45) is -1.77. The molecule has 0 amide bonds. The Morgan fingerprint density at radius 2 is 2.00 bits per heavy atom. The lowest BCUT2D eigenvalue weighted by atomic mass is 9.93. The van der Waals surface area contributed by atoms with E-state index in [1.165, 1.54) is 18.4 Å². The number of carboxylic acid groups (broad SMARTS) is 1. The van der Waals surface area contributed by atoms with E-state index < -0.39 is 12.1 Å². The highest BCUT2D eigenvalue weighted by atomic mass is 19.4. The second-order valence-electron chi connectivity index (χ2n) is 7.00. The molecule has 0 saturated carbocycles. The summed E-state index contributed by atoms with van der Waals surface area (Å²) in [4.78, 5) is 11.4. The van der Waals surface area contributed by atoms with Crippen LogP contribution in [0.25, 0.3) is 0 Å². The summed E-state index contributed by atoms with van der Waals surface area (Å²) in [5.41, 5.74) is 1.31. The third-order valence-electron chi connectivity index (χ3n) is 4.88. The second-order valence-corrected chi connectivity index (χ2v) is 7.00. The minimum atomic E-state index is -5.08. The fraction of sp³-hybridized carbons (Fsp3) is 0.611. The summed E-state index contributed by atoms with van der Waals surface area (Å²) in [5.74, 6) is -0.291. The molecule has 1 aromatic carbocycles. The van der Waals surface area contributed by atoms with Crippen LogP contribution >= 0.6 is 0 Å². The zero-order valence-electron chi connectivity index (χ0n) is 14.9. The van der Waals surface area contributed by atoms with Crippen molar-refractivity contribution >= 4 is 5.97 Å². The van der Waals surface area contributed by atoms with E-state index in [1.807, 2.05) is 6.07 Å². The SMILES string of the molecule is C[C@H]1C[C@H]2CN(Cc3ccc4c(c3)OCO4)CC[C@@H]2O1.O=C(O)C(F)(F)F. The van der Waals surface area contributed by atoms with E-state index in [0.717, 1.165) is 31.1 Å². The van der Waals surface area contributed by atoms with Gasteiger partial charge in [0.2, 0.25) is 6.79 Å². The fourth-order valence-electron chi connectivity index (χ4n) is 3.71. The van der Waals surface area contributed by atoms with E-state index in [1.54, 1.807) is 0 Å². The van der Waals surface area contributed by atoms with E-state index in [9.17, 15) is 13.2 Å². The minimum absolute atomic E-state index is 0.349.